The van der Waals surface area contributed by atoms with Crippen LogP contribution in [0.25, 0.3) is 0 Å². The fourth-order valence-electron chi connectivity index (χ4n) is 1.76. The van der Waals surface area contributed by atoms with Crippen LogP contribution in [-0.2, 0) is 0 Å². The predicted molar refractivity (Wildman–Crippen MR) is 81.5 cm³/mol. The van der Waals surface area contributed by atoms with Crippen LogP contribution in [0, 0.1) is 6.92 Å². The maximum Gasteiger partial charge on any atom is 0.257 e. The number of nitrogens with one attached hydrogen (secondary N) is 1. The summed E-state index contributed by atoms with van der Waals surface area (Å²) in [5.41, 5.74) is 8.18. The second-order valence-corrected chi connectivity index (χ2v) is 4.80. The summed E-state index contributed by atoms with van der Waals surface area (Å²) in [7, 11) is 1.55. The fraction of sp³-hybridized carbons (Fsp3) is 0.133. The smallest absolute Gasteiger partial charge is 0.257 e. The molecular formula is C15H15ClN2O2. The first-order valence-electron chi connectivity index (χ1n) is 6.02. The van der Waals surface area contributed by atoms with Crippen molar-refractivity contribution < 1.29 is 9.53 Å². The number of nitrogens with two attached hydrogens (primary N) is 1. The number of carbonyl (C=O) groups is 1. The van der Waals surface area contributed by atoms with E-state index in [9.17, 15) is 4.79 Å². The average Bonchev–Trinajstić information content (AvgIpc) is 2.41. The Balaban J connectivity index is 2.27. The maximum atomic E-state index is 12.2. The summed E-state index contributed by atoms with van der Waals surface area (Å²) in [6.07, 6.45) is 0. The molecule has 1 amide bonds. The van der Waals surface area contributed by atoms with Gasteiger partial charge in [0.15, 0.2) is 0 Å². The zero-order valence-corrected chi connectivity index (χ0v) is 12.0. The number of amides is 1. The number of nitrogen functional groups attached to an aromatic ring is 1. The molecule has 20 heavy (non-hydrogen) atoms. The molecule has 0 heterocycles. The number of rotatable bonds is 3. The zero-order chi connectivity index (χ0) is 14.7. The molecule has 0 saturated carbocycles. The lowest BCUT2D eigenvalue weighted by molar-refractivity contribution is 0.102. The van der Waals surface area contributed by atoms with Crippen molar-refractivity contribution >= 4 is 28.9 Å². The number of hydrogen-bond donors (Lipinski definition) is 2. The van der Waals surface area contributed by atoms with Crippen molar-refractivity contribution in [2.75, 3.05) is 18.2 Å². The number of aryl methyl sites for hydroxylation is 1. The van der Waals surface area contributed by atoms with Gasteiger partial charge in [0.2, 0.25) is 0 Å². The van der Waals surface area contributed by atoms with Gasteiger partial charge in [-0.3, -0.25) is 4.79 Å². The minimum absolute atomic E-state index is 0.310. The Morgan fingerprint density at radius 2 is 2.00 bits per heavy atom. The predicted octanol–water partition coefficient (Wildman–Crippen LogP) is 3.49. The second kappa shape index (κ2) is 5.84. The van der Waals surface area contributed by atoms with Gasteiger partial charge in [-0.1, -0.05) is 17.7 Å². The van der Waals surface area contributed by atoms with Gasteiger partial charge in [-0.2, -0.15) is 0 Å². The van der Waals surface area contributed by atoms with Gasteiger partial charge in [-0.15, -0.1) is 0 Å². The Bertz CT molecular complexity index is 656. The molecule has 0 unspecified atom stereocenters. The van der Waals surface area contributed by atoms with E-state index in [4.69, 9.17) is 22.1 Å². The number of anilines is 2. The third kappa shape index (κ3) is 3.03. The second-order valence-electron chi connectivity index (χ2n) is 4.39. The van der Waals surface area contributed by atoms with Crippen molar-refractivity contribution in [3.05, 3.63) is 52.5 Å². The largest absolute Gasteiger partial charge is 0.497 e. The lowest BCUT2D eigenvalue weighted by Crippen LogP contribution is -2.13. The van der Waals surface area contributed by atoms with Crippen LogP contribution >= 0.6 is 11.6 Å². The average molecular weight is 291 g/mol. The van der Waals surface area contributed by atoms with Crippen LogP contribution in [0.15, 0.2) is 36.4 Å². The Labute approximate surface area is 122 Å². The zero-order valence-electron chi connectivity index (χ0n) is 11.2. The minimum atomic E-state index is -0.310. The first kappa shape index (κ1) is 14.2. The molecule has 0 aliphatic carbocycles. The highest BCUT2D eigenvalue weighted by molar-refractivity contribution is 6.34. The Morgan fingerprint density at radius 1 is 1.25 bits per heavy atom. The van der Waals surface area contributed by atoms with Crippen LogP contribution in [0.3, 0.4) is 0 Å². The van der Waals surface area contributed by atoms with Gasteiger partial charge < -0.3 is 15.8 Å². The van der Waals surface area contributed by atoms with Crippen LogP contribution in [0.4, 0.5) is 11.4 Å². The van der Waals surface area contributed by atoms with Crippen molar-refractivity contribution in [3.63, 3.8) is 0 Å². The van der Waals surface area contributed by atoms with Crippen molar-refractivity contribution in [2.45, 2.75) is 6.92 Å². The number of methoxy groups -OCH3 is 1. The van der Waals surface area contributed by atoms with Crippen LogP contribution in [0.2, 0.25) is 5.02 Å². The Hall–Kier alpha value is -2.20. The van der Waals surface area contributed by atoms with E-state index < -0.39 is 0 Å². The maximum absolute atomic E-state index is 12.2. The number of benzene rings is 2. The quantitative estimate of drug-likeness (QED) is 0.851. The van der Waals surface area contributed by atoms with E-state index in [1.807, 2.05) is 13.0 Å². The van der Waals surface area contributed by atoms with E-state index in [1.54, 1.807) is 37.4 Å². The molecule has 0 aromatic heterocycles. The van der Waals surface area contributed by atoms with Gasteiger partial charge in [0.25, 0.3) is 5.91 Å². The van der Waals surface area contributed by atoms with Gasteiger partial charge in [-0.25, -0.2) is 0 Å². The molecule has 2 aromatic carbocycles. The van der Waals surface area contributed by atoms with Gasteiger partial charge in [0.1, 0.15) is 5.75 Å². The molecular weight excluding hydrogens is 276 g/mol. The van der Waals surface area contributed by atoms with Crippen LogP contribution in [-0.4, -0.2) is 13.0 Å². The number of ether oxygens (including phenoxy) is 1. The van der Waals surface area contributed by atoms with Crippen LogP contribution in [0.5, 0.6) is 5.75 Å². The lowest BCUT2D eigenvalue weighted by atomic mass is 10.1. The highest BCUT2D eigenvalue weighted by Gasteiger charge is 2.12. The summed E-state index contributed by atoms with van der Waals surface area (Å²) in [6.45, 7) is 1.91. The number of hydrogen-bond acceptors (Lipinski definition) is 3. The first-order chi connectivity index (χ1) is 9.51. The van der Waals surface area contributed by atoms with Gasteiger partial charge in [0.05, 0.1) is 29.1 Å². The molecule has 0 aliphatic rings. The molecule has 0 saturated heterocycles. The topological polar surface area (TPSA) is 64.3 Å². The molecule has 0 atom stereocenters. The summed E-state index contributed by atoms with van der Waals surface area (Å²) < 4.78 is 5.10. The molecule has 5 heteroatoms. The molecule has 0 aliphatic heterocycles. The monoisotopic (exact) mass is 290 g/mol. The van der Waals surface area contributed by atoms with E-state index in [1.165, 1.54) is 0 Å². The van der Waals surface area contributed by atoms with E-state index in [-0.39, 0.29) is 5.91 Å². The van der Waals surface area contributed by atoms with Crippen LogP contribution < -0.4 is 15.8 Å². The fourth-order valence-corrected chi connectivity index (χ4v) is 2.09. The van der Waals surface area contributed by atoms with Gasteiger partial charge >= 0.3 is 0 Å². The van der Waals surface area contributed by atoms with Crippen molar-refractivity contribution in [1.82, 2.24) is 0 Å². The molecule has 0 fully saturated rings. The van der Waals surface area contributed by atoms with E-state index in [2.05, 4.69) is 5.32 Å². The summed E-state index contributed by atoms with van der Waals surface area (Å²) in [4.78, 5) is 12.2. The minimum Gasteiger partial charge on any atom is -0.497 e. The molecule has 0 spiro atoms. The van der Waals surface area contributed by atoms with Crippen molar-refractivity contribution in [1.29, 1.82) is 0 Å². The molecule has 4 nitrogen and oxygen atoms in total. The summed E-state index contributed by atoms with van der Waals surface area (Å²) >= 11 is 6.07. The summed E-state index contributed by atoms with van der Waals surface area (Å²) in [6, 6.07) is 10.3. The highest BCUT2D eigenvalue weighted by atomic mass is 35.5. The van der Waals surface area contributed by atoms with Crippen molar-refractivity contribution in [3.8, 4) is 5.75 Å². The first-order valence-corrected chi connectivity index (χ1v) is 6.40. The normalized spacial score (nSPS) is 10.2. The Morgan fingerprint density at radius 3 is 2.65 bits per heavy atom. The van der Waals surface area contributed by atoms with E-state index in [0.29, 0.717) is 27.7 Å². The standard InChI is InChI=1S/C15H15ClN2O2/c1-9-3-5-11(12(16)7-9)15(19)18-14-8-10(20-2)4-6-13(14)17/h3-8H,17H2,1-2H3,(H,18,19). The molecule has 0 radical (unpaired) electrons. The van der Waals surface area contributed by atoms with Gasteiger partial charge in [0, 0.05) is 6.07 Å². The summed E-state index contributed by atoms with van der Waals surface area (Å²) in [5, 5.41) is 3.14. The lowest BCUT2D eigenvalue weighted by Gasteiger charge is -2.11. The molecule has 0 bridgehead atoms. The number of carbonyl (C=O) groups excluding carboxylic acids is 1. The summed E-state index contributed by atoms with van der Waals surface area (Å²) in [5.74, 6) is 0.305. The highest BCUT2D eigenvalue weighted by Crippen LogP contribution is 2.26. The third-order valence-corrected chi connectivity index (χ3v) is 3.19. The molecule has 2 rings (SSSR count). The van der Waals surface area contributed by atoms with Crippen LogP contribution in [0.1, 0.15) is 15.9 Å². The van der Waals surface area contributed by atoms with Gasteiger partial charge in [-0.05, 0) is 36.8 Å². The SMILES string of the molecule is COc1ccc(N)c(NC(=O)c2ccc(C)cc2Cl)c1. The van der Waals surface area contributed by atoms with E-state index in [0.717, 1.165) is 5.56 Å². The molecule has 2 aromatic rings. The molecule has 104 valence electrons. The Kier molecular flexibility index (Phi) is 4.15. The van der Waals surface area contributed by atoms with Crippen molar-refractivity contribution in [2.24, 2.45) is 0 Å². The van der Waals surface area contributed by atoms with E-state index >= 15 is 0 Å². The molecule has 3 N–H and O–H groups in total. The third-order valence-electron chi connectivity index (χ3n) is 2.88. The number of halogens is 1.